The molecule has 4 N–H and O–H groups in total. The lowest BCUT2D eigenvalue weighted by Gasteiger charge is -2.24. The van der Waals surface area contributed by atoms with Gasteiger partial charge in [-0.1, -0.05) is 0 Å². The van der Waals surface area contributed by atoms with Gasteiger partial charge in [-0.2, -0.15) is 0 Å². The number of hydrogen-bond acceptors (Lipinski definition) is 3. The summed E-state index contributed by atoms with van der Waals surface area (Å²) in [5.74, 6) is -2.24. The topological polar surface area (TPSA) is 109 Å². The van der Waals surface area contributed by atoms with Crippen LogP contribution >= 0.6 is 0 Å². The molecule has 0 aromatic heterocycles. The summed E-state index contributed by atoms with van der Waals surface area (Å²) >= 11 is 0. The van der Waals surface area contributed by atoms with Crippen LogP contribution in [0.1, 0.15) is 26.7 Å². The van der Waals surface area contributed by atoms with E-state index in [1.54, 1.807) is 0 Å². The Morgan fingerprint density at radius 2 is 1.93 bits per heavy atom. The maximum Gasteiger partial charge on any atom is 0.329 e. The van der Waals surface area contributed by atoms with Crippen molar-refractivity contribution in [3.05, 3.63) is 0 Å². The van der Waals surface area contributed by atoms with Crippen molar-refractivity contribution >= 4 is 17.8 Å². The van der Waals surface area contributed by atoms with Crippen molar-refractivity contribution < 1.29 is 19.5 Å². The average Bonchev–Trinajstić information content (AvgIpc) is 1.99. The van der Waals surface area contributed by atoms with E-state index in [1.165, 1.54) is 13.8 Å². The number of amides is 2. The second-order valence-corrected chi connectivity index (χ2v) is 3.28. The smallest absolute Gasteiger partial charge is 0.329 e. The number of aliphatic carboxylic acids is 1. The number of nitrogens with two attached hydrogens (primary N) is 1. The summed E-state index contributed by atoms with van der Waals surface area (Å²) in [6.45, 7) is 2.55. The fourth-order valence-corrected chi connectivity index (χ4v) is 0.985. The van der Waals surface area contributed by atoms with Gasteiger partial charge in [-0.05, 0) is 13.3 Å². The summed E-state index contributed by atoms with van der Waals surface area (Å²) in [7, 11) is 0. The molecule has 6 heteroatoms. The van der Waals surface area contributed by atoms with Crippen LogP contribution in [0.2, 0.25) is 0 Å². The number of rotatable bonds is 5. The van der Waals surface area contributed by atoms with E-state index in [1.807, 2.05) is 0 Å². The van der Waals surface area contributed by atoms with Crippen molar-refractivity contribution in [2.75, 3.05) is 0 Å². The van der Waals surface area contributed by atoms with Crippen molar-refractivity contribution in [1.29, 1.82) is 0 Å². The lowest BCUT2D eigenvalue weighted by molar-refractivity contribution is -0.147. The van der Waals surface area contributed by atoms with Crippen LogP contribution in [0.15, 0.2) is 0 Å². The highest BCUT2D eigenvalue weighted by Gasteiger charge is 2.33. The monoisotopic (exact) mass is 202 g/mol. The Balaban J connectivity index is 4.47. The summed E-state index contributed by atoms with van der Waals surface area (Å²) < 4.78 is 0. The van der Waals surface area contributed by atoms with Gasteiger partial charge in [0, 0.05) is 13.3 Å². The van der Waals surface area contributed by atoms with Crippen LogP contribution in [0.3, 0.4) is 0 Å². The quantitative estimate of drug-likeness (QED) is 0.543. The van der Waals surface area contributed by atoms with E-state index in [-0.39, 0.29) is 12.8 Å². The van der Waals surface area contributed by atoms with Crippen molar-refractivity contribution in [2.24, 2.45) is 5.73 Å². The second kappa shape index (κ2) is 4.59. The molecule has 0 rings (SSSR count). The van der Waals surface area contributed by atoms with Gasteiger partial charge in [-0.3, -0.25) is 9.59 Å². The molecule has 0 spiro atoms. The predicted octanol–water partition coefficient (Wildman–Crippen LogP) is -0.769. The largest absolute Gasteiger partial charge is 0.480 e. The fourth-order valence-electron chi connectivity index (χ4n) is 0.985. The van der Waals surface area contributed by atoms with E-state index >= 15 is 0 Å². The molecule has 1 atom stereocenters. The molecule has 0 heterocycles. The summed E-state index contributed by atoms with van der Waals surface area (Å²) in [6.07, 6.45) is -0.0969. The summed E-state index contributed by atoms with van der Waals surface area (Å²) in [5, 5.41) is 11.1. The number of hydrogen-bond donors (Lipinski definition) is 3. The Labute approximate surface area is 81.5 Å². The van der Waals surface area contributed by atoms with E-state index in [2.05, 4.69) is 5.32 Å². The summed E-state index contributed by atoms with van der Waals surface area (Å²) in [5.41, 5.74) is 3.46. The zero-order valence-electron chi connectivity index (χ0n) is 8.16. The van der Waals surface area contributed by atoms with Crippen LogP contribution in [0.5, 0.6) is 0 Å². The van der Waals surface area contributed by atoms with Gasteiger partial charge in [-0.15, -0.1) is 0 Å². The highest BCUT2D eigenvalue weighted by molar-refractivity contribution is 5.86. The van der Waals surface area contributed by atoms with E-state index in [0.717, 1.165) is 0 Å². The molecule has 2 amide bonds. The molecule has 0 saturated carbocycles. The first kappa shape index (κ1) is 12.4. The van der Waals surface area contributed by atoms with Crippen molar-refractivity contribution in [1.82, 2.24) is 5.32 Å². The number of carbonyl (C=O) groups is 3. The van der Waals surface area contributed by atoms with Crippen molar-refractivity contribution in [3.8, 4) is 0 Å². The van der Waals surface area contributed by atoms with Crippen LogP contribution in [0.4, 0.5) is 0 Å². The number of primary amides is 1. The lowest BCUT2D eigenvalue weighted by Crippen LogP contribution is -2.51. The minimum absolute atomic E-state index is 0.0166. The van der Waals surface area contributed by atoms with Gasteiger partial charge in [0.2, 0.25) is 11.8 Å². The maximum absolute atomic E-state index is 10.8. The SMILES string of the molecule is CC(=O)N[C@@](C)(CCC(N)=O)C(=O)O. The molecular formula is C8H14N2O4. The molecule has 0 unspecified atom stereocenters. The van der Waals surface area contributed by atoms with Gasteiger partial charge >= 0.3 is 5.97 Å². The molecule has 0 radical (unpaired) electrons. The Morgan fingerprint density at radius 1 is 1.43 bits per heavy atom. The molecule has 0 aliphatic carbocycles. The van der Waals surface area contributed by atoms with Gasteiger partial charge in [0.25, 0.3) is 0 Å². The summed E-state index contributed by atoms with van der Waals surface area (Å²) in [6, 6.07) is 0. The first-order valence-corrected chi connectivity index (χ1v) is 4.08. The second-order valence-electron chi connectivity index (χ2n) is 3.28. The van der Waals surface area contributed by atoms with E-state index in [0.29, 0.717) is 0 Å². The van der Waals surface area contributed by atoms with E-state index < -0.39 is 23.3 Å². The Morgan fingerprint density at radius 3 is 2.21 bits per heavy atom. The van der Waals surface area contributed by atoms with Crippen LogP contribution < -0.4 is 11.1 Å². The number of nitrogens with one attached hydrogen (secondary N) is 1. The standard InChI is InChI=1S/C8H14N2O4/c1-5(11)10-8(2,7(13)14)4-3-6(9)12/h3-4H2,1-2H3,(H2,9,12)(H,10,11)(H,13,14)/t8-/m0/s1. The third-order valence-electron chi connectivity index (χ3n) is 1.80. The minimum atomic E-state index is -1.43. The van der Waals surface area contributed by atoms with Crippen LogP contribution in [0.25, 0.3) is 0 Å². The molecule has 0 bridgehead atoms. The number of carbonyl (C=O) groups excluding carboxylic acids is 2. The minimum Gasteiger partial charge on any atom is -0.480 e. The van der Waals surface area contributed by atoms with Gasteiger partial charge < -0.3 is 16.2 Å². The number of carboxylic acids is 1. The predicted molar refractivity (Wildman–Crippen MR) is 48.3 cm³/mol. The Bertz CT molecular complexity index is 264. The van der Waals surface area contributed by atoms with Crippen molar-refractivity contribution in [3.63, 3.8) is 0 Å². The highest BCUT2D eigenvalue weighted by Crippen LogP contribution is 2.12. The molecule has 0 aromatic rings. The molecule has 0 aromatic carbocycles. The van der Waals surface area contributed by atoms with Gasteiger partial charge in [0.15, 0.2) is 0 Å². The molecule has 0 fully saturated rings. The zero-order chi connectivity index (χ0) is 11.4. The molecular weight excluding hydrogens is 188 g/mol. The summed E-state index contributed by atoms with van der Waals surface area (Å²) in [4.78, 5) is 32.0. The molecule has 6 nitrogen and oxygen atoms in total. The molecule has 0 saturated heterocycles. The van der Waals surface area contributed by atoms with E-state index in [9.17, 15) is 14.4 Å². The fraction of sp³-hybridized carbons (Fsp3) is 0.625. The first-order chi connectivity index (χ1) is 6.28. The Kier molecular flexibility index (Phi) is 4.07. The van der Waals surface area contributed by atoms with E-state index in [4.69, 9.17) is 10.8 Å². The van der Waals surface area contributed by atoms with Gasteiger partial charge in [0.1, 0.15) is 5.54 Å². The average molecular weight is 202 g/mol. The first-order valence-electron chi connectivity index (χ1n) is 4.08. The zero-order valence-corrected chi connectivity index (χ0v) is 8.16. The van der Waals surface area contributed by atoms with Crippen LogP contribution in [-0.2, 0) is 14.4 Å². The van der Waals surface area contributed by atoms with Crippen molar-refractivity contribution in [2.45, 2.75) is 32.2 Å². The van der Waals surface area contributed by atoms with Crippen LogP contribution in [-0.4, -0.2) is 28.4 Å². The van der Waals surface area contributed by atoms with Crippen LogP contribution in [0, 0.1) is 0 Å². The molecule has 80 valence electrons. The van der Waals surface area contributed by atoms with Gasteiger partial charge in [0.05, 0.1) is 0 Å². The van der Waals surface area contributed by atoms with Gasteiger partial charge in [-0.25, -0.2) is 4.79 Å². The molecule has 0 aliphatic rings. The molecule has 0 aliphatic heterocycles. The lowest BCUT2D eigenvalue weighted by atomic mass is 9.95. The highest BCUT2D eigenvalue weighted by atomic mass is 16.4. The maximum atomic E-state index is 10.8. The molecule has 14 heavy (non-hydrogen) atoms. The Hall–Kier alpha value is -1.59. The normalized spacial score (nSPS) is 14.1. The third kappa shape index (κ3) is 3.88. The third-order valence-corrected chi connectivity index (χ3v) is 1.80. The number of carboxylic acid groups (broad SMARTS) is 1.